The monoisotopic (exact) mass is 316 g/mol. The predicted octanol–water partition coefficient (Wildman–Crippen LogP) is 4.30. The second-order valence-electron chi connectivity index (χ2n) is 5.18. The topological polar surface area (TPSA) is 54.0 Å². The summed E-state index contributed by atoms with van der Waals surface area (Å²) in [6, 6.07) is 20.5. The normalized spacial score (nSPS) is 10.8. The molecule has 0 spiro atoms. The Morgan fingerprint density at radius 2 is 1.61 bits per heavy atom. The molecule has 110 valence electrons. The molecule has 2 aromatic carbocycles. The van der Waals surface area contributed by atoms with Crippen molar-refractivity contribution in [2.75, 3.05) is 0 Å². The Morgan fingerprint density at radius 1 is 0.957 bits per heavy atom. The smallest absolute Gasteiger partial charge is 0.213 e. The van der Waals surface area contributed by atoms with E-state index in [1.165, 1.54) is 16.9 Å². The predicted molar refractivity (Wildman–Crippen MR) is 91.2 cm³/mol. The Morgan fingerprint density at radius 3 is 2.30 bits per heavy atom. The summed E-state index contributed by atoms with van der Waals surface area (Å²) in [6.07, 6.45) is 0. The number of nitriles is 1. The van der Waals surface area contributed by atoms with Gasteiger partial charge in [0.1, 0.15) is 16.8 Å². The van der Waals surface area contributed by atoms with E-state index in [4.69, 9.17) is 0 Å². The van der Waals surface area contributed by atoms with E-state index in [9.17, 15) is 5.26 Å². The van der Waals surface area contributed by atoms with Crippen LogP contribution in [0.1, 0.15) is 10.7 Å². The first kappa shape index (κ1) is 13.7. The summed E-state index contributed by atoms with van der Waals surface area (Å²) in [5.74, 6) is 0. The number of aromatic nitrogens is 3. The van der Waals surface area contributed by atoms with E-state index < -0.39 is 0 Å². The minimum absolute atomic E-state index is 0.483. The summed E-state index contributed by atoms with van der Waals surface area (Å²) in [4.78, 5) is 5.32. The molecule has 0 saturated heterocycles. The van der Waals surface area contributed by atoms with E-state index in [1.54, 1.807) is 4.52 Å². The third-order valence-electron chi connectivity index (χ3n) is 3.68. The van der Waals surface area contributed by atoms with Crippen LogP contribution in [0.2, 0.25) is 0 Å². The molecule has 2 heterocycles. The number of rotatable bonds is 2. The summed E-state index contributed by atoms with van der Waals surface area (Å²) >= 11 is 1.49. The van der Waals surface area contributed by atoms with Gasteiger partial charge in [-0.3, -0.25) is 0 Å². The van der Waals surface area contributed by atoms with Crippen LogP contribution < -0.4 is 0 Å². The van der Waals surface area contributed by atoms with Gasteiger partial charge in [-0.2, -0.15) is 14.9 Å². The fourth-order valence-electron chi connectivity index (χ4n) is 2.60. The summed E-state index contributed by atoms with van der Waals surface area (Å²) in [5.41, 5.74) is 4.41. The minimum atomic E-state index is 0.483. The quantitative estimate of drug-likeness (QED) is 0.554. The maximum atomic E-state index is 9.46. The third kappa shape index (κ3) is 2.30. The van der Waals surface area contributed by atoms with Gasteiger partial charge < -0.3 is 0 Å². The highest BCUT2D eigenvalue weighted by molar-refractivity contribution is 7.16. The third-order valence-corrected chi connectivity index (χ3v) is 4.50. The van der Waals surface area contributed by atoms with Crippen molar-refractivity contribution in [1.82, 2.24) is 14.6 Å². The van der Waals surface area contributed by atoms with Crippen LogP contribution in [-0.4, -0.2) is 14.6 Å². The van der Waals surface area contributed by atoms with E-state index in [2.05, 4.69) is 40.4 Å². The Bertz CT molecular complexity index is 1020. The molecule has 5 heteroatoms. The van der Waals surface area contributed by atoms with Gasteiger partial charge in [0.25, 0.3) is 0 Å². The van der Waals surface area contributed by atoms with Crippen LogP contribution in [0.5, 0.6) is 0 Å². The maximum absolute atomic E-state index is 9.46. The fraction of sp³-hybridized carbons (Fsp3) is 0.0556. The van der Waals surface area contributed by atoms with Gasteiger partial charge in [-0.15, -0.1) is 0 Å². The van der Waals surface area contributed by atoms with Crippen LogP contribution in [0.25, 0.3) is 27.3 Å². The number of fused-ring (bicyclic) bond motifs is 1. The summed E-state index contributed by atoms with van der Waals surface area (Å²) < 4.78 is 1.63. The first-order valence-corrected chi connectivity index (χ1v) is 8.00. The molecular formula is C18H12N4S. The first-order valence-electron chi connectivity index (χ1n) is 7.18. The van der Waals surface area contributed by atoms with Gasteiger partial charge in [0.15, 0.2) is 5.69 Å². The standard InChI is InChI=1S/C18H12N4S/c1-12-21-22-16(11-19)17(20-18(22)23-12)15-9-7-14(8-10-15)13-5-3-2-4-6-13/h2-10H,1H3. The molecule has 0 N–H and O–H groups in total. The zero-order valence-electron chi connectivity index (χ0n) is 12.4. The number of hydrogen-bond donors (Lipinski definition) is 0. The van der Waals surface area contributed by atoms with E-state index in [0.29, 0.717) is 11.4 Å². The van der Waals surface area contributed by atoms with Gasteiger partial charge in [-0.05, 0) is 18.1 Å². The molecule has 4 nitrogen and oxygen atoms in total. The lowest BCUT2D eigenvalue weighted by molar-refractivity contribution is 0.931. The second-order valence-corrected chi connectivity index (χ2v) is 6.34. The summed E-state index contributed by atoms with van der Waals surface area (Å²) in [6.45, 7) is 1.91. The summed E-state index contributed by atoms with van der Waals surface area (Å²) in [7, 11) is 0. The van der Waals surface area contributed by atoms with Crippen molar-refractivity contribution in [3.63, 3.8) is 0 Å². The Hall–Kier alpha value is -2.97. The molecule has 4 rings (SSSR count). The fourth-order valence-corrected chi connectivity index (χ4v) is 3.34. The van der Waals surface area contributed by atoms with E-state index in [-0.39, 0.29) is 0 Å². The second kappa shape index (κ2) is 5.34. The largest absolute Gasteiger partial charge is 0.216 e. The van der Waals surface area contributed by atoms with Gasteiger partial charge in [0.2, 0.25) is 4.96 Å². The number of benzene rings is 2. The lowest BCUT2D eigenvalue weighted by Crippen LogP contribution is -1.90. The lowest BCUT2D eigenvalue weighted by Gasteiger charge is -2.03. The Balaban J connectivity index is 1.80. The molecule has 4 aromatic rings. The first-order chi connectivity index (χ1) is 11.3. The van der Waals surface area contributed by atoms with Gasteiger partial charge in [-0.25, -0.2) is 4.98 Å². The Labute approximate surface area is 137 Å². The number of imidazole rings is 1. The number of hydrogen-bond acceptors (Lipinski definition) is 4. The van der Waals surface area contributed by atoms with Crippen molar-refractivity contribution in [3.8, 4) is 28.5 Å². The van der Waals surface area contributed by atoms with Crippen molar-refractivity contribution in [2.45, 2.75) is 6.92 Å². The molecule has 2 aromatic heterocycles. The lowest BCUT2D eigenvalue weighted by atomic mass is 10.0. The van der Waals surface area contributed by atoms with E-state index >= 15 is 0 Å². The van der Waals surface area contributed by atoms with Crippen LogP contribution in [0.4, 0.5) is 0 Å². The average molecular weight is 316 g/mol. The maximum Gasteiger partial charge on any atom is 0.213 e. The van der Waals surface area contributed by atoms with Crippen molar-refractivity contribution in [3.05, 3.63) is 65.3 Å². The molecule has 23 heavy (non-hydrogen) atoms. The zero-order valence-corrected chi connectivity index (χ0v) is 13.2. The minimum Gasteiger partial charge on any atom is -0.216 e. The Kier molecular flexibility index (Phi) is 3.18. The molecule has 0 aliphatic carbocycles. The van der Waals surface area contributed by atoms with Gasteiger partial charge in [-0.1, -0.05) is 65.9 Å². The van der Waals surface area contributed by atoms with E-state index in [0.717, 1.165) is 21.1 Å². The van der Waals surface area contributed by atoms with Crippen LogP contribution in [0.3, 0.4) is 0 Å². The van der Waals surface area contributed by atoms with Gasteiger partial charge >= 0.3 is 0 Å². The van der Waals surface area contributed by atoms with Crippen molar-refractivity contribution < 1.29 is 0 Å². The van der Waals surface area contributed by atoms with Crippen molar-refractivity contribution >= 4 is 16.3 Å². The zero-order chi connectivity index (χ0) is 15.8. The molecule has 0 amide bonds. The molecular weight excluding hydrogens is 304 g/mol. The molecule has 0 radical (unpaired) electrons. The highest BCUT2D eigenvalue weighted by Crippen LogP contribution is 2.28. The van der Waals surface area contributed by atoms with Crippen molar-refractivity contribution in [2.24, 2.45) is 0 Å². The van der Waals surface area contributed by atoms with E-state index in [1.807, 2.05) is 37.3 Å². The number of aryl methyl sites for hydroxylation is 1. The molecule has 0 unspecified atom stereocenters. The highest BCUT2D eigenvalue weighted by Gasteiger charge is 2.16. The van der Waals surface area contributed by atoms with Crippen LogP contribution in [0.15, 0.2) is 54.6 Å². The highest BCUT2D eigenvalue weighted by atomic mass is 32.1. The molecule has 0 bridgehead atoms. The van der Waals surface area contributed by atoms with Gasteiger partial charge in [0, 0.05) is 5.56 Å². The molecule has 0 atom stereocenters. The van der Waals surface area contributed by atoms with Gasteiger partial charge in [0.05, 0.1) is 0 Å². The molecule has 0 aliphatic heterocycles. The number of nitrogens with zero attached hydrogens (tertiary/aromatic N) is 4. The van der Waals surface area contributed by atoms with Crippen LogP contribution in [-0.2, 0) is 0 Å². The van der Waals surface area contributed by atoms with Crippen molar-refractivity contribution in [1.29, 1.82) is 5.26 Å². The van der Waals surface area contributed by atoms with Crippen LogP contribution in [0, 0.1) is 18.3 Å². The average Bonchev–Trinajstić information content (AvgIpc) is 3.11. The molecule has 0 aliphatic rings. The SMILES string of the molecule is Cc1nn2c(C#N)c(-c3ccc(-c4ccccc4)cc3)nc2s1. The summed E-state index contributed by atoms with van der Waals surface area (Å²) in [5, 5.41) is 14.7. The molecule has 0 fully saturated rings. The molecule has 0 saturated carbocycles. The van der Waals surface area contributed by atoms with Crippen LogP contribution >= 0.6 is 11.3 Å².